The molecular weight excluding hydrogens is 202 g/mol. The van der Waals surface area contributed by atoms with Crippen molar-refractivity contribution in [3.8, 4) is 0 Å². The van der Waals surface area contributed by atoms with Gasteiger partial charge >= 0.3 is 0 Å². The van der Waals surface area contributed by atoms with E-state index in [4.69, 9.17) is 10.9 Å². The van der Waals surface area contributed by atoms with Gasteiger partial charge in [0.15, 0.2) is 0 Å². The molecule has 0 atom stereocenters. The number of anilines is 2. The Bertz CT molecular complexity index is 428. The molecule has 1 rings (SSSR count). The summed E-state index contributed by atoms with van der Waals surface area (Å²) in [7, 11) is -3.72. The summed E-state index contributed by atoms with van der Waals surface area (Å²) in [5, 5.41) is 4.81. The molecule has 14 heavy (non-hydrogen) atoms. The van der Waals surface area contributed by atoms with Crippen molar-refractivity contribution in [1.29, 1.82) is 0 Å². The number of nitrogen functional groups attached to an aromatic ring is 1. The van der Waals surface area contributed by atoms with Crippen LogP contribution in [0.4, 0.5) is 11.4 Å². The molecule has 0 aliphatic rings. The fourth-order valence-corrected chi connectivity index (χ4v) is 1.60. The van der Waals surface area contributed by atoms with Crippen LogP contribution in [0.3, 0.4) is 0 Å². The molecule has 5 N–H and O–H groups in total. The number of benzene rings is 1. The molecule has 0 unspecified atom stereocenters. The maximum Gasteiger partial charge on any atom is 0.296 e. The van der Waals surface area contributed by atoms with Crippen LogP contribution in [-0.2, 0) is 16.6 Å². The summed E-state index contributed by atoms with van der Waals surface area (Å²) in [5.74, 6) is 0. The van der Waals surface area contributed by atoms with Crippen LogP contribution in [0.2, 0.25) is 0 Å². The van der Waals surface area contributed by atoms with Crippen molar-refractivity contribution in [2.24, 2.45) is 5.14 Å². The van der Waals surface area contributed by atoms with Gasteiger partial charge in [-0.05, 0) is 24.1 Å². The first-order chi connectivity index (χ1) is 6.42. The highest BCUT2D eigenvalue weighted by atomic mass is 32.2. The van der Waals surface area contributed by atoms with Crippen molar-refractivity contribution in [2.75, 3.05) is 10.5 Å². The Morgan fingerprint density at radius 3 is 2.50 bits per heavy atom. The van der Waals surface area contributed by atoms with Crippen LogP contribution >= 0.6 is 0 Å². The minimum absolute atomic E-state index is 0.377. The maximum atomic E-state index is 10.7. The molecule has 0 saturated carbocycles. The molecule has 1 aromatic rings. The van der Waals surface area contributed by atoms with E-state index in [1.807, 2.05) is 6.92 Å². The number of hydrogen-bond acceptors (Lipinski definition) is 3. The monoisotopic (exact) mass is 215 g/mol. The van der Waals surface area contributed by atoms with Crippen molar-refractivity contribution >= 4 is 21.6 Å². The Hall–Kier alpha value is -1.27. The molecule has 0 aliphatic carbocycles. The van der Waals surface area contributed by atoms with Crippen LogP contribution < -0.4 is 15.6 Å². The minimum atomic E-state index is -3.72. The molecular formula is C8H13N3O2S. The Kier molecular flexibility index (Phi) is 2.97. The van der Waals surface area contributed by atoms with E-state index in [0.29, 0.717) is 11.4 Å². The molecule has 78 valence electrons. The summed E-state index contributed by atoms with van der Waals surface area (Å²) < 4.78 is 23.5. The van der Waals surface area contributed by atoms with Crippen molar-refractivity contribution in [1.82, 2.24) is 0 Å². The lowest BCUT2D eigenvalue weighted by Crippen LogP contribution is -2.21. The predicted octanol–water partition coefficient (Wildman–Crippen LogP) is 0.447. The molecule has 0 saturated heterocycles. The second-order valence-corrected chi connectivity index (χ2v) is 4.21. The highest BCUT2D eigenvalue weighted by Crippen LogP contribution is 2.18. The van der Waals surface area contributed by atoms with Crippen molar-refractivity contribution in [3.63, 3.8) is 0 Å². The van der Waals surface area contributed by atoms with E-state index < -0.39 is 10.2 Å². The van der Waals surface area contributed by atoms with Gasteiger partial charge in [-0.3, -0.25) is 4.72 Å². The SMILES string of the molecule is CCc1ccc(NS(N)(=O)=O)cc1N. The molecule has 0 radical (unpaired) electrons. The van der Waals surface area contributed by atoms with E-state index >= 15 is 0 Å². The fraction of sp³-hybridized carbons (Fsp3) is 0.250. The Morgan fingerprint density at radius 1 is 1.43 bits per heavy atom. The zero-order valence-corrected chi connectivity index (χ0v) is 8.64. The lowest BCUT2D eigenvalue weighted by atomic mass is 10.1. The van der Waals surface area contributed by atoms with E-state index in [2.05, 4.69) is 4.72 Å². The molecule has 1 aromatic carbocycles. The molecule has 6 heteroatoms. The summed E-state index contributed by atoms with van der Waals surface area (Å²) >= 11 is 0. The van der Waals surface area contributed by atoms with Crippen molar-refractivity contribution in [3.05, 3.63) is 23.8 Å². The van der Waals surface area contributed by atoms with Gasteiger partial charge in [-0.25, -0.2) is 5.14 Å². The smallest absolute Gasteiger partial charge is 0.296 e. The van der Waals surface area contributed by atoms with E-state index in [9.17, 15) is 8.42 Å². The number of hydrogen-bond donors (Lipinski definition) is 3. The summed E-state index contributed by atoms with van der Waals surface area (Å²) in [6.45, 7) is 1.97. The molecule has 0 aromatic heterocycles. The highest BCUT2D eigenvalue weighted by Gasteiger charge is 2.03. The van der Waals surface area contributed by atoms with E-state index in [1.54, 1.807) is 18.2 Å². The fourth-order valence-electron chi connectivity index (χ4n) is 1.14. The second kappa shape index (κ2) is 3.85. The number of nitrogens with one attached hydrogen (secondary N) is 1. The van der Waals surface area contributed by atoms with E-state index in [1.165, 1.54) is 0 Å². The van der Waals surface area contributed by atoms with Crippen LogP contribution in [-0.4, -0.2) is 8.42 Å². The van der Waals surface area contributed by atoms with Crippen LogP contribution in [0, 0.1) is 0 Å². The second-order valence-electron chi connectivity index (χ2n) is 2.91. The van der Waals surface area contributed by atoms with Gasteiger partial charge < -0.3 is 5.73 Å². The third-order valence-corrected chi connectivity index (χ3v) is 2.31. The average molecular weight is 215 g/mol. The average Bonchev–Trinajstić information content (AvgIpc) is 2.01. The number of aryl methyl sites for hydroxylation is 1. The summed E-state index contributed by atoms with van der Waals surface area (Å²) in [4.78, 5) is 0. The van der Waals surface area contributed by atoms with Gasteiger partial charge in [0.2, 0.25) is 0 Å². The first-order valence-electron chi connectivity index (χ1n) is 4.11. The van der Waals surface area contributed by atoms with E-state index in [0.717, 1.165) is 12.0 Å². The molecule has 0 heterocycles. The Labute approximate surface area is 83.3 Å². The quantitative estimate of drug-likeness (QED) is 0.638. The van der Waals surface area contributed by atoms with Gasteiger partial charge in [-0.15, -0.1) is 0 Å². The molecule has 0 bridgehead atoms. The van der Waals surface area contributed by atoms with Crippen LogP contribution in [0.25, 0.3) is 0 Å². The third kappa shape index (κ3) is 2.90. The van der Waals surface area contributed by atoms with Gasteiger partial charge in [0.05, 0.1) is 5.69 Å². The first kappa shape index (κ1) is 10.8. The van der Waals surface area contributed by atoms with Crippen LogP contribution in [0.15, 0.2) is 18.2 Å². The molecule has 0 spiro atoms. The van der Waals surface area contributed by atoms with Gasteiger partial charge in [0.25, 0.3) is 10.2 Å². The molecule has 0 amide bonds. The van der Waals surface area contributed by atoms with Crippen LogP contribution in [0.1, 0.15) is 12.5 Å². The Balaban J connectivity index is 2.98. The van der Waals surface area contributed by atoms with Gasteiger partial charge in [-0.1, -0.05) is 13.0 Å². The predicted molar refractivity (Wildman–Crippen MR) is 57.0 cm³/mol. The largest absolute Gasteiger partial charge is 0.398 e. The lowest BCUT2D eigenvalue weighted by molar-refractivity contribution is 0.603. The first-order valence-corrected chi connectivity index (χ1v) is 5.66. The zero-order valence-electron chi connectivity index (χ0n) is 7.82. The van der Waals surface area contributed by atoms with E-state index in [-0.39, 0.29) is 0 Å². The molecule has 5 nitrogen and oxygen atoms in total. The van der Waals surface area contributed by atoms with Gasteiger partial charge in [0.1, 0.15) is 0 Å². The summed E-state index contributed by atoms with van der Waals surface area (Å²) in [6, 6.07) is 4.94. The normalized spacial score (nSPS) is 11.3. The zero-order chi connectivity index (χ0) is 10.8. The number of nitrogens with two attached hydrogens (primary N) is 2. The standard InChI is InChI=1S/C8H13N3O2S/c1-2-6-3-4-7(5-8(6)9)11-14(10,12)13/h3-5,11H,2,9H2,1H3,(H2,10,12,13). The van der Waals surface area contributed by atoms with Gasteiger partial charge in [0, 0.05) is 5.69 Å². The van der Waals surface area contributed by atoms with Crippen molar-refractivity contribution < 1.29 is 8.42 Å². The third-order valence-electron chi connectivity index (χ3n) is 1.79. The lowest BCUT2D eigenvalue weighted by Gasteiger charge is -2.07. The highest BCUT2D eigenvalue weighted by molar-refractivity contribution is 7.90. The summed E-state index contributed by atoms with van der Waals surface area (Å²) in [5.41, 5.74) is 7.59. The summed E-state index contributed by atoms with van der Waals surface area (Å²) in [6.07, 6.45) is 0.807. The Morgan fingerprint density at radius 2 is 2.07 bits per heavy atom. The van der Waals surface area contributed by atoms with Gasteiger partial charge in [-0.2, -0.15) is 8.42 Å². The topological polar surface area (TPSA) is 98.2 Å². The van der Waals surface area contributed by atoms with Crippen molar-refractivity contribution in [2.45, 2.75) is 13.3 Å². The maximum absolute atomic E-state index is 10.7. The molecule has 0 aliphatic heterocycles. The van der Waals surface area contributed by atoms with Crippen LogP contribution in [0.5, 0.6) is 0 Å². The molecule has 0 fully saturated rings. The number of rotatable bonds is 3. The minimum Gasteiger partial charge on any atom is -0.398 e.